The Morgan fingerprint density at radius 3 is 2.50 bits per heavy atom. The molecule has 160 valence electrons. The van der Waals surface area contributed by atoms with Crippen molar-refractivity contribution in [3.05, 3.63) is 58.8 Å². The van der Waals surface area contributed by atoms with Crippen LogP contribution in [-0.4, -0.2) is 29.2 Å². The second kappa shape index (κ2) is 7.99. The number of anilines is 2. The Morgan fingerprint density at radius 1 is 1.20 bits per heavy atom. The molecule has 8 nitrogen and oxygen atoms in total. The van der Waals surface area contributed by atoms with Crippen LogP contribution >= 0.6 is 11.6 Å². The number of benzene rings is 2. The number of hydrogen-bond donors (Lipinski definition) is 3. The molecule has 2 aliphatic rings. The summed E-state index contributed by atoms with van der Waals surface area (Å²) in [4.78, 5) is 2.13. The van der Waals surface area contributed by atoms with Gasteiger partial charge in [0, 0.05) is 53.2 Å². The molecule has 0 saturated carbocycles. The molecule has 2 aliphatic heterocycles. The highest BCUT2D eigenvalue weighted by Crippen LogP contribution is 2.50. The number of rotatable bonds is 6. The molecule has 0 spiro atoms. The minimum Gasteiger partial charge on any atom is -0.493 e. The Kier molecular flexibility index (Phi) is 5.54. The molecule has 0 aliphatic carbocycles. The molecule has 2 unspecified atom stereocenters. The number of nitrogens with zero attached hydrogens (tertiary/aromatic N) is 1. The van der Waals surface area contributed by atoms with Crippen LogP contribution in [0.25, 0.3) is 0 Å². The predicted octanol–water partition coefficient (Wildman–Crippen LogP) is 2.68. The number of nitrogens with one attached hydrogen (secondary N) is 2. The van der Waals surface area contributed by atoms with Crippen molar-refractivity contribution in [2.45, 2.75) is 12.6 Å². The van der Waals surface area contributed by atoms with E-state index < -0.39 is 10.2 Å². The maximum atomic E-state index is 11.1. The topological polar surface area (TPSA) is 106 Å². The molecule has 10 heteroatoms. The van der Waals surface area contributed by atoms with Gasteiger partial charge in [0.15, 0.2) is 11.5 Å². The number of methoxy groups -OCH3 is 2. The van der Waals surface area contributed by atoms with E-state index in [0.717, 1.165) is 27.5 Å². The third kappa shape index (κ3) is 3.93. The van der Waals surface area contributed by atoms with Crippen molar-refractivity contribution in [1.29, 1.82) is 0 Å². The number of nitrogens with two attached hydrogens (primary N) is 1. The summed E-state index contributed by atoms with van der Waals surface area (Å²) >= 11 is 6.59. The smallest absolute Gasteiger partial charge is 0.274 e. The Hall–Kier alpha value is -2.46. The summed E-state index contributed by atoms with van der Waals surface area (Å²) < 4.78 is 35.4. The monoisotopic (exact) mass is 450 g/mol. The van der Waals surface area contributed by atoms with Gasteiger partial charge < -0.3 is 19.7 Å². The molecule has 30 heavy (non-hydrogen) atoms. The van der Waals surface area contributed by atoms with Crippen molar-refractivity contribution >= 4 is 33.2 Å². The minimum absolute atomic E-state index is 0.00181. The van der Waals surface area contributed by atoms with Gasteiger partial charge in [0.2, 0.25) is 0 Å². The second-order valence-corrected chi connectivity index (χ2v) is 9.00. The van der Waals surface area contributed by atoms with E-state index >= 15 is 0 Å². The van der Waals surface area contributed by atoms with Crippen LogP contribution in [0.1, 0.15) is 17.2 Å². The Balaban J connectivity index is 1.66. The highest BCUT2D eigenvalue weighted by Gasteiger charge is 2.41. The molecule has 4 N–H and O–H groups in total. The largest absolute Gasteiger partial charge is 0.493 e. The van der Waals surface area contributed by atoms with Gasteiger partial charge in [-0.15, -0.1) is 0 Å². The van der Waals surface area contributed by atoms with Crippen LogP contribution in [0.4, 0.5) is 11.4 Å². The fraction of sp³-hybridized carbons (Fsp3) is 0.300. The maximum Gasteiger partial charge on any atom is 0.274 e. The quantitative estimate of drug-likeness (QED) is 0.624. The molecule has 4 rings (SSSR count). The first-order chi connectivity index (χ1) is 14.3. The van der Waals surface area contributed by atoms with Crippen molar-refractivity contribution in [2.24, 2.45) is 11.1 Å². The molecule has 0 saturated heterocycles. The van der Waals surface area contributed by atoms with Crippen LogP contribution in [0.3, 0.4) is 0 Å². The SMILES string of the molecule is COc1cc2c(cc1OC)C1C(CN2)C(Cl)=CN1c1ccc(CNS(N)(=O)=O)cc1. The molecule has 0 fully saturated rings. The van der Waals surface area contributed by atoms with Crippen LogP contribution in [0.2, 0.25) is 0 Å². The average Bonchev–Trinajstić information content (AvgIpc) is 3.08. The standard InChI is InChI=1S/C20H23ClN4O4S/c1-28-18-7-14-17(8-19(18)29-2)23-10-15-16(21)11-25(20(14)15)13-5-3-12(4-6-13)9-24-30(22,26)27/h3-8,11,15,20,23-24H,9-10H2,1-2H3,(H2,22,26,27). The molecular weight excluding hydrogens is 428 g/mol. The summed E-state index contributed by atoms with van der Waals surface area (Å²) in [6.45, 7) is 0.834. The summed E-state index contributed by atoms with van der Waals surface area (Å²) in [6.07, 6.45) is 1.95. The second-order valence-electron chi connectivity index (χ2n) is 7.18. The number of hydrogen-bond acceptors (Lipinski definition) is 6. The van der Waals surface area contributed by atoms with Gasteiger partial charge >= 0.3 is 0 Å². The minimum atomic E-state index is -3.73. The lowest BCUT2D eigenvalue weighted by Gasteiger charge is -2.36. The fourth-order valence-corrected chi connectivity index (χ4v) is 4.62. The van der Waals surface area contributed by atoms with Crippen molar-refractivity contribution in [3.63, 3.8) is 0 Å². The van der Waals surface area contributed by atoms with Gasteiger partial charge in [0.05, 0.1) is 20.3 Å². The highest BCUT2D eigenvalue weighted by molar-refractivity contribution is 7.87. The van der Waals surface area contributed by atoms with Gasteiger partial charge in [-0.05, 0) is 23.8 Å². The summed E-state index contributed by atoms with van der Waals surface area (Å²) in [5.74, 6) is 1.42. The molecule has 0 bridgehead atoms. The summed E-state index contributed by atoms with van der Waals surface area (Å²) in [7, 11) is -0.505. The molecule has 2 aromatic carbocycles. The van der Waals surface area contributed by atoms with Crippen molar-refractivity contribution < 1.29 is 17.9 Å². The van der Waals surface area contributed by atoms with E-state index in [1.54, 1.807) is 14.2 Å². The van der Waals surface area contributed by atoms with Gasteiger partial charge in [-0.3, -0.25) is 0 Å². The van der Waals surface area contributed by atoms with Crippen LogP contribution in [0, 0.1) is 5.92 Å². The molecular formula is C20H23ClN4O4S. The molecule has 2 atom stereocenters. The van der Waals surface area contributed by atoms with E-state index in [9.17, 15) is 8.42 Å². The van der Waals surface area contributed by atoms with Gasteiger partial charge in [-0.1, -0.05) is 23.7 Å². The summed E-state index contributed by atoms with van der Waals surface area (Å²) in [5, 5.41) is 9.21. The zero-order valence-corrected chi connectivity index (χ0v) is 18.1. The van der Waals surface area contributed by atoms with Crippen LogP contribution in [0.5, 0.6) is 11.5 Å². The molecule has 0 amide bonds. The Morgan fingerprint density at radius 2 is 1.87 bits per heavy atom. The lowest BCUT2D eigenvalue weighted by atomic mass is 9.88. The van der Waals surface area contributed by atoms with E-state index in [1.165, 1.54) is 0 Å². The normalized spacial score (nSPS) is 20.1. The number of ether oxygens (including phenoxy) is 2. The van der Waals surface area contributed by atoms with Gasteiger partial charge in [-0.2, -0.15) is 13.1 Å². The molecule has 2 aromatic rings. The average molecular weight is 451 g/mol. The van der Waals surface area contributed by atoms with Crippen LogP contribution in [0.15, 0.2) is 47.6 Å². The van der Waals surface area contributed by atoms with Gasteiger partial charge in [0.1, 0.15) is 0 Å². The third-order valence-corrected chi connectivity index (χ3v) is 6.32. The zero-order valence-electron chi connectivity index (χ0n) is 16.6. The fourth-order valence-electron chi connectivity index (χ4n) is 3.95. The van der Waals surface area contributed by atoms with Gasteiger partial charge in [-0.25, -0.2) is 5.14 Å². The lowest BCUT2D eigenvalue weighted by molar-refractivity contribution is 0.353. The van der Waals surface area contributed by atoms with E-state index in [0.29, 0.717) is 18.0 Å². The Labute approximate surface area is 180 Å². The lowest BCUT2D eigenvalue weighted by Crippen LogP contribution is -2.33. The first-order valence-electron chi connectivity index (χ1n) is 9.32. The third-order valence-electron chi connectivity index (χ3n) is 5.40. The summed E-state index contributed by atoms with van der Waals surface area (Å²) in [6, 6.07) is 11.5. The number of fused-ring (bicyclic) bond motifs is 3. The van der Waals surface area contributed by atoms with E-state index in [1.807, 2.05) is 42.6 Å². The maximum absolute atomic E-state index is 11.1. The summed E-state index contributed by atoms with van der Waals surface area (Å²) in [5.41, 5.74) is 3.79. The van der Waals surface area contributed by atoms with E-state index in [-0.39, 0.29) is 18.5 Å². The molecule has 0 aromatic heterocycles. The van der Waals surface area contributed by atoms with Crippen molar-refractivity contribution in [3.8, 4) is 11.5 Å². The molecule has 2 heterocycles. The number of halogens is 1. The Bertz CT molecular complexity index is 1090. The molecule has 0 radical (unpaired) electrons. The first kappa shape index (κ1) is 20.8. The van der Waals surface area contributed by atoms with Crippen LogP contribution in [-0.2, 0) is 16.8 Å². The zero-order chi connectivity index (χ0) is 21.5. The van der Waals surface area contributed by atoms with Crippen LogP contribution < -0.4 is 29.6 Å². The first-order valence-corrected chi connectivity index (χ1v) is 11.2. The predicted molar refractivity (Wildman–Crippen MR) is 117 cm³/mol. The van der Waals surface area contributed by atoms with E-state index in [2.05, 4.69) is 14.9 Å². The van der Waals surface area contributed by atoms with Gasteiger partial charge in [0.25, 0.3) is 10.2 Å². The highest BCUT2D eigenvalue weighted by atomic mass is 35.5. The van der Waals surface area contributed by atoms with Crippen molar-refractivity contribution in [2.75, 3.05) is 31.0 Å². The van der Waals surface area contributed by atoms with Crippen molar-refractivity contribution in [1.82, 2.24) is 4.72 Å². The van der Waals surface area contributed by atoms with E-state index in [4.69, 9.17) is 26.2 Å².